The van der Waals surface area contributed by atoms with E-state index in [1.165, 1.54) is 0 Å². The minimum atomic E-state index is -0.509. The van der Waals surface area contributed by atoms with Crippen LogP contribution in [0.5, 0.6) is 5.75 Å². The Balaban J connectivity index is 2.35. The van der Waals surface area contributed by atoms with E-state index in [1.807, 2.05) is 25.1 Å². The molecule has 0 bridgehead atoms. The summed E-state index contributed by atoms with van der Waals surface area (Å²) in [5, 5.41) is 4.61. The molecule has 5 nitrogen and oxygen atoms in total. The highest BCUT2D eigenvalue weighted by Crippen LogP contribution is 2.11. The molecule has 2 N–H and O–H groups in total. The minimum Gasteiger partial charge on any atom is -0.484 e. The van der Waals surface area contributed by atoms with Gasteiger partial charge in [0.2, 0.25) is 0 Å². The average Bonchev–Trinajstić information content (AvgIpc) is 2.27. The van der Waals surface area contributed by atoms with E-state index >= 15 is 0 Å². The Morgan fingerprint density at radius 1 is 1.35 bits per heavy atom. The number of rotatable bonds is 4. The monoisotopic (exact) mass is 236 g/mol. The molecular weight excluding hydrogens is 220 g/mol. The summed E-state index contributed by atoms with van der Waals surface area (Å²) in [5.74, 6) is 0.133. The lowest BCUT2D eigenvalue weighted by molar-refractivity contribution is -0.122. The predicted molar refractivity (Wildman–Crippen MR) is 63.9 cm³/mol. The SMILES string of the molecule is CCNC(=O)NC(=O)COc1cccc(C)c1. The van der Waals surface area contributed by atoms with E-state index in [0.29, 0.717) is 12.3 Å². The normalized spacial score (nSPS) is 9.53. The van der Waals surface area contributed by atoms with Gasteiger partial charge in [0.1, 0.15) is 5.75 Å². The van der Waals surface area contributed by atoms with Crippen LogP contribution < -0.4 is 15.4 Å². The van der Waals surface area contributed by atoms with Gasteiger partial charge in [-0.25, -0.2) is 4.79 Å². The van der Waals surface area contributed by atoms with Crippen molar-refractivity contribution >= 4 is 11.9 Å². The van der Waals surface area contributed by atoms with Gasteiger partial charge in [-0.05, 0) is 31.5 Å². The molecule has 0 aliphatic rings. The Labute approximate surface area is 100 Å². The summed E-state index contributed by atoms with van der Waals surface area (Å²) in [7, 11) is 0. The fourth-order valence-electron chi connectivity index (χ4n) is 1.22. The first kappa shape index (κ1) is 13.0. The number of hydrogen-bond donors (Lipinski definition) is 2. The summed E-state index contributed by atoms with van der Waals surface area (Å²) in [6.07, 6.45) is 0. The third kappa shape index (κ3) is 5.01. The summed E-state index contributed by atoms with van der Waals surface area (Å²) in [6.45, 7) is 3.99. The van der Waals surface area contributed by atoms with Gasteiger partial charge in [0.25, 0.3) is 5.91 Å². The van der Waals surface area contributed by atoms with E-state index in [2.05, 4.69) is 10.6 Å². The molecule has 0 saturated carbocycles. The number of carbonyl (C=O) groups is 2. The molecule has 0 heterocycles. The maximum absolute atomic E-state index is 11.3. The van der Waals surface area contributed by atoms with Crippen molar-refractivity contribution in [3.8, 4) is 5.75 Å². The van der Waals surface area contributed by atoms with Crippen molar-refractivity contribution in [2.75, 3.05) is 13.2 Å². The van der Waals surface area contributed by atoms with Gasteiger partial charge in [0.15, 0.2) is 6.61 Å². The largest absolute Gasteiger partial charge is 0.484 e. The van der Waals surface area contributed by atoms with Crippen LogP contribution in [0.3, 0.4) is 0 Å². The van der Waals surface area contributed by atoms with Crippen LogP contribution in [-0.4, -0.2) is 25.1 Å². The molecule has 0 radical (unpaired) electrons. The highest BCUT2D eigenvalue weighted by Gasteiger charge is 2.06. The molecule has 92 valence electrons. The topological polar surface area (TPSA) is 67.4 Å². The van der Waals surface area contributed by atoms with Gasteiger partial charge in [-0.1, -0.05) is 12.1 Å². The highest BCUT2D eigenvalue weighted by atomic mass is 16.5. The standard InChI is InChI=1S/C12H16N2O3/c1-3-13-12(16)14-11(15)8-17-10-6-4-5-9(2)7-10/h4-7H,3,8H2,1-2H3,(H2,13,14,15,16). The van der Waals surface area contributed by atoms with E-state index in [4.69, 9.17) is 4.74 Å². The van der Waals surface area contributed by atoms with Crippen LogP contribution in [0.2, 0.25) is 0 Å². The summed E-state index contributed by atoms with van der Waals surface area (Å²) < 4.78 is 5.24. The van der Waals surface area contributed by atoms with Gasteiger partial charge in [-0.3, -0.25) is 10.1 Å². The Kier molecular flexibility index (Phi) is 5.00. The van der Waals surface area contributed by atoms with Crippen LogP contribution in [0.15, 0.2) is 24.3 Å². The van der Waals surface area contributed by atoms with Crippen molar-refractivity contribution in [1.29, 1.82) is 0 Å². The molecule has 0 unspecified atom stereocenters. The Morgan fingerprint density at radius 2 is 2.12 bits per heavy atom. The van der Waals surface area contributed by atoms with Crippen molar-refractivity contribution in [3.63, 3.8) is 0 Å². The maximum Gasteiger partial charge on any atom is 0.321 e. The molecule has 5 heteroatoms. The van der Waals surface area contributed by atoms with Crippen LogP contribution in [0.1, 0.15) is 12.5 Å². The molecule has 0 aliphatic carbocycles. The quantitative estimate of drug-likeness (QED) is 0.826. The lowest BCUT2D eigenvalue weighted by atomic mass is 10.2. The lowest BCUT2D eigenvalue weighted by Crippen LogP contribution is -2.41. The zero-order chi connectivity index (χ0) is 12.7. The van der Waals surface area contributed by atoms with E-state index in [-0.39, 0.29) is 6.61 Å². The number of amides is 3. The molecule has 0 fully saturated rings. The molecule has 0 atom stereocenters. The maximum atomic E-state index is 11.3. The van der Waals surface area contributed by atoms with Crippen LogP contribution in [0, 0.1) is 6.92 Å². The second kappa shape index (κ2) is 6.52. The van der Waals surface area contributed by atoms with E-state index < -0.39 is 11.9 Å². The van der Waals surface area contributed by atoms with Gasteiger partial charge in [0.05, 0.1) is 0 Å². The number of ether oxygens (including phenoxy) is 1. The second-order valence-electron chi connectivity index (χ2n) is 3.51. The van der Waals surface area contributed by atoms with Crippen molar-refractivity contribution in [2.45, 2.75) is 13.8 Å². The molecule has 0 spiro atoms. The first-order valence-electron chi connectivity index (χ1n) is 5.39. The number of benzene rings is 1. The van der Waals surface area contributed by atoms with Gasteiger partial charge in [-0.2, -0.15) is 0 Å². The predicted octanol–water partition coefficient (Wildman–Crippen LogP) is 1.22. The van der Waals surface area contributed by atoms with Gasteiger partial charge < -0.3 is 10.1 Å². The molecule has 1 aromatic carbocycles. The summed E-state index contributed by atoms with van der Waals surface area (Å²) in [6, 6.07) is 6.84. The first-order valence-corrected chi connectivity index (χ1v) is 5.39. The fourth-order valence-corrected chi connectivity index (χ4v) is 1.22. The zero-order valence-corrected chi connectivity index (χ0v) is 9.95. The number of carbonyl (C=O) groups excluding carboxylic acids is 2. The zero-order valence-electron chi connectivity index (χ0n) is 9.95. The molecular formula is C12H16N2O3. The van der Waals surface area contributed by atoms with E-state index in [0.717, 1.165) is 5.56 Å². The molecule has 17 heavy (non-hydrogen) atoms. The van der Waals surface area contributed by atoms with Gasteiger partial charge >= 0.3 is 6.03 Å². The van der Waals surface area contributed by atoms with Crippen LogP contribution in [0.25, 0.3) is 0 Å². The van der Waals surface area contributed by atoms with Crippen LogP contribution in [-0.2, 0) is 4.79 Å². The molecule has 0 aromatic heterocycles. The Morgan fingerprint density at radius 3 is 2.76 bits per heavy atom. The highest BCUT2D eigenvalue weighted by molar-refractivity contribution is 5.94. The Hall–Kier alpha value is -2.04. The third-order valence-electron chi connectivity index (χ3n) is 1.95. The number of nitrogens with one attached hydrogen (secondary N) is 2. The van der Waals surface area contributed by atoms with Gasteiger partial charge in [0, 0.05) is 6.54 Å². The Bertz CT molecular complexity index is 404. The summed E-state index contributed by atoms with van der Waals surface area (Å²) in [4.78, 5) is 22.3. The van der Waals surface area contributed by atoms with Crippen molar-refractivity contribution in [3.05, 3.63) is 29.8 Å². The van der Waals surface area contributed by atoms with E-state index in [9.17, 15) is 9.59 Å². The van der Waals surface area contributed by atoms with Crippen LogP contribution >= 0.6 is 0 Å². The van der Waals surface area contributed by atoms with Gasteiger partial charge in [-0.15, -0.1) is 0 Å². The third-order valence-corrected chi connectivity index (χ3v) is 1.95. The average molecular weight is 236 g/mol. The molecule has 1 rings (SSSR count). The van der Waals surface area contributed by atoms with Crippen molar-refractivity contribution in [1.82, 2.24) is 10.6 Å². The van der Waals surface area contributed by atoms with Crippen molar-refractivity contribution < 1.29 is 14.3 Å². The number of aryl methyl sites for hydroxylation is 1. The molecule has 0 aliphatic heterocycles. The molecule has 0 saturated heterocycles. The minimum absolute atomic E-state index is 0.180. The number of imide groups is 1. The van der Waals surface area contributed by atoms with Crippen molar-refractivity contribution in [2.24, 2.45) is 0 Å². The molecule has 3 amide bonds. The molecule has 1 aromatic rings. The lowest BCUT2D eigenvalue weighted by Gasteiger charge is -2.07. The number of hydrogen-bond acceptors (Lipinski definition) is 3. The fraction of sp³-hybridized carbons (Fsp3) is 0.333. The first-order chi connectivity index (χ1) is 8.11. The van der Waals surface area contributed by atoms with E-state index in [1.54, 1.807) is 13.0 Å². The second-order valence-corrected chi connectivity index (χ2v) is 3.51. The number of urea groups is 1. The summed E-state index contributed by atoms with van der Waals surface area (Å²) in [5.41, 5.74) is 1.05. The summed E-state index contributed by atoms with van der Waals surface area (Å²) >= 11 is 0. The smallest absolute Gasteiger partial charge is 0.321 e. The van der Waals surface area contributed by atoms with Crippen LogP contribution in [0.4, 0.5) is 4.79 Å².